The van der Waals surface area contributed by atoms with E-state index in [1.165, 1.54) is 6.33 Å². The van der Waals surface area contributed by atoms with Crippen molar-refractivity contribution < 1.29 is 0 Å². The van der Waals surface area contributed by atoms with Gasteiger partial charge in [-0.1, -0.05) is 46.4 Å². The molecule has 0 aliphatic heterocycles. The molecule has 0 aliphatic rings. The summed E-state index contributed by atoms with van der Waals surface area (Å²) in [4.78, 5) is 7.84. The van der Waals surface area contributed by atoms with Crippen molar-refractivity contribution in [3.05, 3.63) is 44.7 Å². The summed E-state index contributed by atoms with van der Waals surface area (Å²) in [6.45, 7) is 0. The summed E-state index contributed by atoms with van der Waals surface area (Å²) in [5.41, 5.74) is 1.21. The molecule has 1 aromatic carbocycles. The lowest BCUT2D eigenvalue weighted by Gasteiger charge is -2.06. The highest BCUT2D eigenvalue weighted by molar-refractivity contribution is 6.45. The molecule has 2 aromatic rings. The second kappa shape index (κ2) is 4.76. The van der Waals surface area contributed by atoms with Crippen LogP contribution in [0.15, 0.2) is 24.5 Å². The molecule has 6 heteroatoms. The summed E-state index contributed by atoms with van der Waals surface area (Å²) in [6, 6.07) is 4.83. The highest BCUT2D eigenvalue weighted by Crippen LogP contribution is 2.35. The van der Waals surface area contributed by atoms with Crippen molar-refractivity contribution in [3.8, 4) is 11.3 Å². The first-order valence-electron chi connectivity index (χ1n) is 4.20. The Labute approximate surface area is 112 Å². The second-order valence-electron chi connectivity index (χ2n) is 2.98. The first-order chi connectivity index (χ1) is 7.58. The van der Waals surface area contributed by atoms with Crippen molar-refractivity contribution in [2.24, 2.45) is 0 Å². The van der Waals surface area contributed by atoms with Gasteiger partial charge in [0.25, 0.3) is 0 Å². The Kier molecular flexibility index (Phi) is 3.55. The Bertz CT molecular complexity index is 542. The molecule has 0 amide bonds. The van der Waals surface area contributed by atoms with E-state index in [4.69, 9.17) is 46.4 Å². The highest BCUT2D eigenvalue weighted by atomic mass is 35.5. The third kappa shape index (κ3) is 2.41. The van der Waals surface area contributed by atoms with E-state index in [2.05, 4.69) is 9.97 Å². The van der Waals surface area contributed by atoms with E-state index in [-0.39, 0.29) is 0 Å². The predicted octanol–water partition coefficient (Wildman–Crippen LogP) is 4.76. The molecule has 1 aromatic heterocycles. The normalized spacial score (nSPS) is 10.5. The minimum atomic E-state index is 0.331. The number of hydrogen-bond donors (Lipinski definition) is 0. The van der Waals surface area contributed by atoms with Crippen LogP contribution in [-0.2, 0) is 0 Å². The van der Waals surface area contributed by atoms with Gasteiger partial charge in [0.05, 0.1) is 15.7 Å². The number of benzene rings is 1. The third-order valence-corrected chi connectivity index (χ3v) is 3.13. The Morgan fingerprint density at radius 3 is 2.31 bits per heavy atom. The van der Waals surface area contributed by atoms with E-state index in [0.717, 1.165) is 0 Å². The van der Waals surface area contributed by atoms with Gasteiger partial charge < -0.3 is 0 Å². The maximum atomic E-state index is 6.06. The van der Waals surface area contributed by atoms with E-state index in [9.17, 15) is 0 Å². The Morgan fingerprint density at radius 2 is 1.62 bits per heavy atom. The van der Waals surface area contributed by atoms with Crippen molar-refractivity contribution >= 4 is 46.4 Å². The monoisotopic (exact) mass is 292 g/mol. The van der Waals surface area contributed by atoms with Crippen molar-refractivity contribution in [2.45, 2.75) is 0 Å². The average Bonchev–Trinajstić information content (AvgIpc) is 2.23. The summed E-state index contributed by atoms with van der Waals surface area (Å²) in [7, 11) is 0. The zero-order valence-corrected chi connectivity index (χ0v) is 10.7. The molecule has 82 valence electrons. The summed E-state index contributed by atoms with van der Waals surface area (Å²) >= 11 is 23.6. The van der Waals surface area contributed by atoms with Crippen LogP contribution in [0.2, 0.25) is 20.2 Å². The molecular formula is C10H4Cl4N2. The van der Waals surface area contributed by atoms with Gasteiger partial charge in [-0.3, -0.25) is 0 Å². The molecule has 0 atom stereocenters. The maximum absolute atomic E-state index is 6.06. The summed E-state index contributed by atoms with van der Waals surface area (Å²) in [5.74, 6) is 0. The summed E-state index contributed by atoms with van der Waals surface area (Å²) in [6.07, 6.45) is 1.35. The quantitative estimate of drug-likeness (QED) is 0.560. The molecular weight excluding hydrogens is 290 g/mol. The number of rotatable bonds is 1. The molecule has 0 fully saturated rings. The fourth-order valence-electron chi connectivity index (χ4n) is 1.22. The maximum Gasteiger partial charge on any atom is 0.133 e. The van der Waals surface area contributed by atoms with Gasteiger partial charge in [0.2, 0.25) is 0 Å². The standard InChI is InChI=1S/C10H4Cl4N2/c11-5-1-6(10(14)7(12)2-5)8-3-9(13)16-4-15-8/h1-4H. The zero-order valence-electron chi connectivity index (χ0n) is 7.72. The lowest BCUT2D eigenvalue weighted by molar-refractivity contribution is 1.17. The lowest BCUT2D eigenvalue weighted by Crippen LogP contribution is -1.87. The first-order valence-corrected chi connectivity index (χ1v) is 5.71. The highest BCUT2D eigenvalue weighted by Gasteiger charge is 2.10. The largest absolute Gasteiger partial charge is 0.236 e. The van der Waals surface area contributed by atoms with Gasteiger partial charge in [0.1, 0.15) is 11.5 Å². The van der Waals surface area contributed by atoms with Crippen molar-refractivity contribution in [1.82, 2.24) is 9.97 Å². The molecule has 16 heavy (non-hydrogen) atoms. The molecule has 0 saturated heterocycles. The van der Waals surface area contributed by atoms with Gasteiger partial charge in [0.15, 0.2) is 0 Å². The van der Waals surface area contributed by atoms with Gasteiger partial charge in [-0.2, -0.15) is 0 Å². The van der Waals surface area contributed by atoms with Crippen LogP contribution in [0.1, 0.15) is 0 Å². The van der Waals surface area contributed by atoms with E-state index in [1.54, 1.807) is 18.2 Å². The van der Waals surface area contributed by atoms with Gasteiger partial charge in [-0.25, -0.2) is 9.97 Å². The summed E-state index contributed by atoms with van der Waals surface area (Å²) < 4.78 is 0. The molecule has 0 bridgehead atoms. The molecule has 0 aliphatic carbocycles. The Balaban J connectivity index is 2.64. The number of aromatic nitrogens is 2. The Morgan fingerprint density at radius 1 is 0.875 bits per heavy atom. The second-order valence-corrected chi connectivity index (χ2v) is 4.58. The average molecular weight is 294 g/mol. The van der Waals surface area contributed by atoms with Crippen molar-refractivity contribution in [1.29, 1.82) is 0 Å². The zero-order chi connectivity index (χ0) is 11.7. The van der Waals surface area contributed by atoms with E-state index in [0.29, 0.717) is 31.5 Å². The van der Waals surface area contributed by atoms with Crippen LogP contribution in [0.5, 0.6) is 0 Å². The fraction of sp³-hybridized carbons (Fsp3) is 0. The molecule has 2 rings (SSSR count). The third-order valence-electron chi connectivity index (χ3n) is 1.90. The van der Waals surface area contributed by atoms with Crippen LogP contribution in [-0.4, -0.2) is 9.97 Å². The van der Waals surface area contributed by atoms with Gasteiger partial charge in [-0.15, -0.1) is 0 Å². The van der Waals surface area contributed by atoms with Crippen LogP contribution >= 0.6 is 46.4 Å². The smallest absolute Gasteiger partial charge is 0.133 e. The van der Waals surface area contributed by atoms with Crippen LogP contribution < -0.4 is 0 Å². The first kappa shape index (κ1) is 11.9. The fourth-order valence-corrected chi connectivity index (χ4v) is 2.07. The van der Waals surface area contributed by atoms with Crippen LogP contribution in [0, 0.1) is 0 Å². The van der Waals surface area contributed by atoms with E-state index >= 15 is 0 Å². The van der Waals surface area contributed by atoms with Gasteiger partial charge >= 0.3 is 0 Å². The number of halogens is 4. The minimum Gasteiger partial charge on any atom is -0.236 e. The molecule has 0 N–H and O–H groups in total. The molecule has 1 heterocycles. The van der Waals surface area contributed by atoms with Crippen LogP contribution in [0.4, 0.5) is 0 Å². The van der Waals surface area contributed by atoms with Crippen LogP contribution in [0.3, 0.4) is 0 Å². The van der Waals surface area contributed by atoms with Gasteiger partial charge in [0, 0.05) is 16.7 Å². The SMILES string of the molecule is Clc1cc(Cl)c(Cl)c(-c2cc(Cl)ncn2)c1. The molecule has 2 nitrogen and oxygen atoms in total. The van der Waals surface area contributed by atoms with E-state index < -0.39 is 0 Å². The number of nitrogens with zero attached hydrogens (tertiary/aromatic N) is 2. The van der Waals surface area contributed by atoms with Gasteiger partial charge in [-0.05, 0) is 12.1 Å². The molecule has 0 spiro atoms. The summed E-state index contributed by atoms with van der Waals surface area (Å²) in [5, 5.41) is 1.58. The number of hydrogen-bond acceptors (Lipinski definition) is 2. The minimum absolute atomic E-state index is 0.331. The molecule has 0 saturated carbocycles. The van der Waals surface area contributed by atoms with E-state index in [1.807, 2.05) is 0 Å². The van der Waals surface area contributed by atoms with Crippen molar-refractivity contribution in [3.63, 3.8) is 0 Å². The molecule has 0 unspecified atom stereocenters. The van der Waals surface area contributed by atoms with Crippen LogP contribution in [0.25, 0.3) is 11.3 Å². The topological polar surface area (TPSA) is 25.8 Å². The molecule has 0 radical (unpaired) electrons. The predicted molar refractivity (Wildman–Crippen MR) is 67.5 cm³/mol. The van der Waals surface area contributed by atoms with Crippen molar-refractivity contribution in [2.75, 3.05) is 0 Å². The Hall–Kier alpha value is -0.540. The lowest BCUT2D eigenvalue weighted by atomic mass is 10.1.